The van der Waals surface area contributed by atoms with E-state index in [1.807, 2.05) is 29.8 Å². The number of carbonyl (C=O) groups excluding carboxylic acids is 7. The van der Waals surface area contributed by atoms with Crippen LogP contribution in [0.4, 0.5) is 15.3 Å². The molecule has 0 fully saturated rings. The minimum Gasteiger partial charge on any atom is -0.481 e. The number of carboxylic acids is 1. The monoisotopic (exact) mass is 939 g/mol. The number of hydrogen-bond acceptors (Lipinski definition) is 13. The number of rotatable bonds is 31. The lowest BCUT2D eigenvalue weighted by molar-refractivity contribution is -0.138. The summed E-state index contributed by atoms with van der Waals surface area (Å²) in [5.41, 5.74) is 7.92. The van der Waals surface area contributed by atoms with Crippen molar-refractivity contribution < 1.29 is 57.7 Å². The Labute approximate surface area is 388 Å². The molecule has 0 aliphatic carbocycles. The van der Waals surface area contributed by atoms with Crippen LogP contribution in [-0.2, 0) is 62.7 Å². The van der Waals surface area contributed by atoms with Gasteiger partial charge in [-0.2, -0.15) is 0 Å². The molecule has 0 saturated carbocycles. The van der Waals surface area contributed by atoms with Gasteiger partial charge in [-0.25, -0.2) is 14.6 Å². The molecule has 3 rings (SSSR count). The number of amides is 8. The molecule has 0 saturated heterocycles. The highest BCUT2D eigenvalue weighted by molar-refractivity contribution is 5.98. The molecule has 2 heterocycles. The summed E-state index contributed by atoms with van der Waals surface area (Å²) in [4.78, 5) is 104. The zero-order valence-electron chi connectivity index (χ0n) is 38.4. The number of carbonyl (C=O) groups is 8. The Bertz CT molecular complexity index is 2100. The first kappa shape index (κ1) is 54.5. The zero-order valence-corrected chi connectivity index (χ0v) is 38.4. The van der Waals surface area contributed by atoms with Crippen molar-refractivity contribution in [2.45, 2.75) is 90.2 Å². The molecule has 67 heavy (non-hydrogen) atoms. The molecule has 23 heteroatoms. The standard InChI is InChI=1S/C44H65N11O12/c1-28(2)38(42(62)53-33(8-6-18-50-43(45)63)41(61)51-31-11-9-29(10-12-31)27-67-44(64)47-4)54-36(57)16-21-65-23-24-66-22-19-49-40(60)34(13-14-37(58)59)52-35(56)15-20-55-32(26-46-3)25-30-7-5-17-48-39(30)55/h5,7,9-12,17,25,28,33-34,38,46H,6,8,13-16,18-24,26-27H2,1-4H3,(H,47,64)(H,49,60)(H,51,61)(H,52,56)(H,53,62)(H,54,57)(H,58,59)(H3,45,50,63). The molecule has 3 atom stereocenters. The van der Waals surface area contributed by atoms with E-state index >= 15 is 0 Å². The molecular weight excluding hydrogens is 875 g/mol. The molecule has 1 aromatic carbocycles. The Hall–Kier alpha value is -6.85. The third kappa shape index (κ3) is 20.5. The second-order valence-electron chi connectivity index (χ2n) is 15.6. The third-order valence-electron chi connectivity index (χ3n) is 10.0. The molecule has 0 aliphatic heterocycles. The number of benzene rings is 1. The number of aromatic nitrogens is 2. The van der Waals surface area contributed by atoms with Crippen LogP contribution in [0.1, 0.15) is 63.6 Å². The van der Waals surface area contributed by atoms with Gasteiger partial charge in [0.1, 0.15) is 30.4 Å². The van der Waals surface area contributed by atoms with E-state index in [1.165, 1.54) is 7.05 Å². The number of ether oxygens (including phenoxy) is 3. The van der Waals surface area contributed by atoms with Gasteiger partial charge in [0.15, 0.2) is 0 Å². The number of alkyl carbamates (subject to hydrolysis) is 1. The molecule has 0 aliphatic rings. The second kappa shape index (κ2) is 29.6. The lowest BCUT2D eigenvalue weighted by Gasteiger charge is -2.25. The predicted molar refractivity (Wildman–Crippen MR) is 245 cm³/mol. The molecule has 8 amide bonds. The number of urea groups is 1. The summed E-state index contributed by atoms with van der Waals surface area (Å²) in [6.45, 7) is 4.92. The van der Waals surface area contributed by atoms with E-state index in [4.69, 9.17) is 19.9 Å². The summed E-state index contributed by atoms with van der Waals surface area (Å²) >= 11 is 0. The number of primary amides is 1. The Balaban J connectivity index is 1.40. The molecule has 0 radical (unpaired) electrons. The first-order valence-corrected chi connectivity index (χ1v) is 22.0. The minimum absolute atomic E-state index is 0.00576. The first-order valence-electron chi connectivity index (χ1n) is 22.0. The number of nitrogens with zero attached hydrogens (tertiary/aromatic N) is 2. The highest BCUT2D eigenvalue weighted by atomic mass is 16.5. The predicted octanol–water partition coefficient (Wildman–Crippen LogP) is 0.604. The normalized spacial score (nSPS) is 12.3. The fraction of sp³-hybridized carbons (Fsp3) is 0.523. The van der Waals surface area contributed by atoms with Gasteiger partial charge in [0.05, 0.1) is 26.4 Å². The van der Waals surface area contributed by atoms with Crippen LogP contribution in [0.2, 0.25) is 0 Å². The topological polar surface area (TPSA) is 325 Å². The SMILES string of the molecule is CNCc1cc2cccnc2n1CCC(=O)NC(CCC(=O)O)C(=O)NCCOCCOCCC(=O)NC(C(=O)NC(CCCNC(N)=O)C(=O)Nc1ccc(COC(=O)NC)cc1)C(C)C. The Kier molecular flexibility index (Phi) is 24.1. The average molecular weight is 940 g/mol. The number of nitrogens with two attached hydrogens (primary N) is 1. The largest absolute Gasteiger partial charge is 0.481 e. The average Bonchev–Trinajstić information content (AvgIpc) is 3.65. The quantitative estimate of drug-likeness (QED) is 0.0396. The van der Waals surface area contributed by atoms with Gasteiger partial charge in [0.25, 0.3) is 0 Å². The summed E-state index contributed by atoms with van der Waals surface area (Å²) < 4.78 is 18.0. The smallest absolute Gasteiger partial charge is 0.407 e. The fourth-order valence-corrected chi connectivity index (χ4v) is 6.55. The van der Waals surface area contributed by atoms with Gasteiger partial charge in [0, 0.05) is 75.5 Å². The lowest BCUT2D eigenvalue weighted by atomic mass is 10.0. The molecule has 0 spiro atoms. The van der Waals surface area contributed by atoms with Gasteiger partial charge in [-0.15, -0.1) is 0 Å². The number of aryl methyl sites for hydroxylation is 1. The van der Waals surface area contributed by atoms with E-state index in [1.54, 1.807) is 44.3 Å². The van der Waals surface area contributed by atoms with Crippen molar-refractivity contribution in [2.24, 2.45) is 11.7 Å². The highest BCUT2D eigenvalue weighted by Crippen LogP contribution is 2.18. The van der Waals surface area contributed by atoms with Crippen molar-refractivity contribution in [1.82, 2.24) is 46.8 Å². The van der Waals surface area contributed by atoms with Crippen molar-refractivity contribution in [3.8, 4) is 0 Å². The van der Waals surface area contributed by atoms with Crippen LogP contribution < -0.4 is 48.3 Å². The van der Waals surface area contributed by atoms with Crippen LogP contribution in [0.15, 0.2) is 48.7 Å². The van der Waals surface area contributed by atoms with Crippen molar-refractivity contribution in [2.75, 3.05) is 58.9 Å². The summed E-state index contributed by atoms with van der Waals surface area (Å²) in [6.07, 6.45) is 1.02. The van der Waals surface area contributed by atoms with Crippen LogP contribution in [0, 0.1) is 5.92 Å². The van der Waals surface area contributed by atoms with E-state index in [2.05, 4.69) is 47.5 Å². The summed E-state index contributed by atoms with van der Waals surface area (Å²) in [5.74, 6) is -4.05. The molecule has 368 valence electrons. The van der Waals surface area contributed by atoms with E-state index in [-0.39, 0.29) is 84.1 Å². The van der Waals surface area contributed by atoms with Crippen molar-refractivity contribution in [1.29, 1.82) is 0 Å². The van der Waals surface area contributed by atoms with Crippen LogP contribution in [0.3, 0.4) is 0 Å². The number of carboxylic acid groups (broad SMARTS) is 1. The van der Waals surface area contributed by atoms with Crippen molar-refractivity contribution in [3.63, 3.8) is 0 Å². The maximum Gasteiger partial charge on any atom is 0.407 e. The fourth-order valence-electron chi connectivity index (χ4n) is 6.55. The summed E-state index contributed by atoms with van der Waals surface area (Å²) in [6, 6.07) is 8.45. The molecule has 2 aromatic heterocycles. The maximum absolute atomic E-state index is 13.5. The van der Waals surface area contributed by atoms with E-state index < -0.39 is 65.8 Å². The summed E-state index contributed by atoms with van der Waals surface area (Å²) in [5, 5.41) is 31.6. The molecular formula is C44H65N11O12. The number of hydrogen-bond donors (Lipinski definition) is 10. The van der Waals surface area contributed by atoms with Gasteiger partial charge in [-0.3, -0.25) is 28.8 Å². The Morgan fingerprint density at radius 2 is 1.48 bits per heavy atom. The van der Waals surface area contributed by atoms with Crippen LogP contribution in [-0.4, -0.2) is 134 Å². The Morgan fingerprint density at radius 1 is 0.776 bits per heavy atom. The van der Waals surface area contributed by atoms with Crippen molar-refractivity contribution >= 4 is 64.4 Å². The number of aliphatic carboxylic acids is 1. The third-order valence-corrected chi connectivity index (χ3v) is 10.0. The van der Waals surface area contributed by atoms with E-state index in [0.29, 0.717) is 30.8 Å². The van der Waals surface area contributed by atoms with Crippen LogP contribution in [0.25, 0.3) is 11.0 Å². The van der Waals surface area contributed by atoms with Crippen molar-refractivity contribution in [3.05, 3.63) is 59.9 Å². The van der Waals surface area contributed by atoms with Crippen LogP contribution >= 0.6 is 0 Å². The number of pyridine rings is 1. The van der Waals surface area contributed by atoms with Gasteiger partial charge in [-0.05, 0) is 68.1 Å². The number of anilines is 1. The van der Waals surface area contributed by atoms with E-state index in [9.17, 15) is 43.5 Å². The first-order chi connectivity index (χ1) is 32.1. The minimum atomic E-state index is -1.11. The zero-order chi connectivity index (χ0) is 49.1. The maximum atomic E-state index is 13.5. The van der Waals surface area contributed by atoms with E-state index in [0.717, 1.165) is 16.7 Å². The van der Waals surface area contributed by atoms with Gasteiger partial charge in [-0.1, -0.05) is 26.0 Å². The second-order valence-corrected chi connectivity index (χ2v) is 15.6. The molecule has 3 aromatic rings. The molecule has 11 N–H and O–H groups in total. The van der Waals surface area contributed by atoms with Gasteiger partial charge >= 0.3 is 18.1 Å². The Morgan fingerprint density at radius 3 is 2.15 bits per heavy atom. The number of fused-ring (bicyclic) bond motifs is 1. The number of nitrogens with one attached hydrogen (secondary N) is 8. The van der Waals surface area contributed by atoms with Gasteiger partial charge < -0.3 is 72.2 Å². The molecule has 0 bridgehead atoms. The van der Waals surface area contributed by atoms with Crippen LogP contribution in [0.5, 0.6) is 0 Å². The highest BCUT2D eigenvalue weighted by Gasteiger charge is 2.29. The molecule has 23 nitrogen and oxygen atoms in total. The molecule has 3 unspecified atom stereocenters. The summed E-state index contributed by atoms with van der Waals surface area (Å²) in [7, 11) is 3.26. The lowest BCUT2D eigenvalue weighted by Crippen LogP contribution is -2.54. The van der Waals surface area contributed by atoms with Gasteiger partial charge in [0.2, 0.25) is 29.5 Å².